The van der Waals surface area contributed by atoms with Crippen LogP contribution in [0.15, 0.2) is 16.9 Å². The molecule has 5 nitrogen and oxygen atoms in total. The second kappa shape index (κ2) is 6.28. The van der Waals surface area contributed by atoms with E-state index in [0.717, 1.165) is 35.7 Å². The van der Waals surface area contributed by atoms with Crippen LogP contribution in [0, 0.1) is 13.8 Å². The van der Waals surface area contributed by atoms with Gasteiger partial charge in [0.05, 0.1) is 10.7 Å². The number of carbonyl (C=O) groups is 1. The van der Waals surface area contributed by atoms with Crippen molar-refractivity contribution in [2.24, 2.45) is 0 Å². The molecule has 2 aromatic heterocycles. The van der Waals surface area contributed by atoms with E-state index in [1.807, 2.05) is 6.92 Å². The molecule has 1 aliphatic carbocycles. The number of pyridine rings is 1. The lowest BCUT2D eigenvalue weighted by Crippen LogP contribution is -2.35. The maximum atomic E-state index is 12.6. The molecule has 0 saturated heterocycles. The van der Waals surface area contributed by atoms with Crippen molar-refractivity contribution in [1.82, 2.24) is 14.9 Å². The van der Waals surface area contributed by atoms with Crippen molar-refractivity contribution in [3.8, 4) is 0 Å². The van der Waals surface area contributed by atoms with Gasteiger partial charge in [0.2, 0.25) is 0 Å². The van der Waals surface area contributed by atoms with E-state index in [0.29, 0.717) is 6.54 Å². The smallest absolute Gasteiger partial charge is 0.260 e. The van der Waals surface area contributed by atoms with Crippen molar-refractivity contribution in [2.75, 3.05) is 13.6 Å². The number of hydrogen-bond acceptors (Lipinski definition) is 4. The molecule has 1 atom stereocenters. The number of nitrogens with one attached hydrogen (secondary N) is 1. The summed E-state index contributed by atoms with van der Waals surface area (Å²) >= 11 is 1.76. The van der Waals surface area contributed by atoms with E-state index in [1.54, 1.807) is 42.3 Å². The third kappa shape index (κ3) is 3.22. The van der Waals surface area contributed by atoms with Crippen LogP contribution in [0.2, 0.25) is 0 Å². The van der Waals surface area contributed by atoms with Gasteiger partial charge in [-0.1, -0.05) is 0 Å². The van der Waals surface area contributed by atoms with Gasteiger partial charge in [-0.15, -0.1) is 11.3 Å². The SMILES string of the molecule is Cc1ccc(C(=O)N(C)C[C@@H]2CCCc3sc(C)nc32)c(=O)[nH]1. The lowest BCUT2D eigenvalue weighted by Gasteiger charge is -2.26. The van der Waals surface area contributed by atoms with Gasteiger partial charge in [0.15, 0.2) is 0 Å². The maximum Gasteiger partial charge on any atom is 0.260 e. The first-order valence-electron chi connectivity index (χ1n) is 7.87. The first kappa shape index (κ1) is 15.9. The fourth-order valence-electron chi connectivity index (χ4n) is 3.17. The normalized spacial score (nSPS) is 16.9. The Morgan fingerprint density at radius 1 is 1.43 bits per heavy atom. The maximum absolute atomic E-state index is 12.6. The number of H-pyrrole nitrogens is 1. The Bertz CT molecular complexity index is 793. The van der Waals surface area contributed by atoms with E-state index in [4.69, 9.17) is 0 Å². The van der Waals surface area contributed by atoms with Crippen LogP contribution in [0.3, 0.4) is 0 Å². The number of aromatic amines is 1. The Morgan fingerprint density at radius 2 is 2.22 bits per heavy atom. The molecule has 0 aromatic carbocycles. The van der Waals surface area contributed by atoms with E-state index < -0.39 is 0 Å². The molecule has 0 saturated carbocycles. The molecule has 122 valence electrons. The Kier molecular flexibility index (Phi) is 4.35. The number of hydrogen-bond donors (Lipinski definition) is 1. The standard InChI is InChI=1S/C17H21N3O2S/c1-10-7-8-13(16(21)18-10)17(22)20(3)9-12-5-4-6-14-15(12)19-11(2)23-14/h7-8,12H,4-6,9H2,1-3H3,(H,18,21)/t12-/m0/s1. The summed E-state index contributed by atoms with van der Waals surface area (Å²) in [6, 6.07) is 3.36. The quantitative estimate of drug-likeness (QED) is 0.940. The predicted molar refractivity (Wildman–Crippen MR) is 91.3 cm³/mol. The summed E-state index contributed by atoms with van der Waals surface area (Å²) in [5.74, 6) is 0.0347. The first-order valence-corrected chi connectivity index (χ1v) is 8.69. The highest BCUT2D eigenvalue weighted by molar-refractivity contribution is 7.11. The lowest BCUT2D eigenvalue weighted by atomic mass is 9.90. The summed E-state index contributed by atoms with van der Waals surface area (Å²) in [6.45, 7) is 4.43. The zero-order valence-corrected chi connectivity index (χ0v) is 14.5. The minimum Gasteiger partial charge on any atom is -0.341 e. The molecule has 6 heteroatoms. The van der Waals surface area contributed by atoms with Crippen LogP contribution < -0.4 is 5.56 Å². The van der Waals surface area contributed by atoms with E-state index >= 15 is 0 Å². The van der Waals surface area contributed by atoms with Gasteiger partial charge >= 0.3 is 0 Å². The van der Waals surface area contributed by atoms with Gasteiger partial charge in [-0.25, -0.2) is 4.98 Å². The molecular formula is C17H21N3O2S. The molecule has 0 bridgehead atoms. The number of amides is 1. The number of likely N-dealkylation sites (N-methyl/N-ethyl adjacent to an activating group) is 1. The third-order valence-electron chi connectivity index (χ3n) is 4.30. The fourth-order valence-corrected chi connectivity index (χ4v) is 4.23. The second-order valence-corrected chi connectivity index (χ2v) is 7.49. The number of thiazole rings is 1. The Balaban J connectivity index is 1.78. The van der Waals surface area contributed by atoms with Crippen LogP contribution >= 0.6 is 11.3 Å². The van der Waals surface area contributed by atoms with Gasteiger partial charge in [0.1, 0.15) is 5.56 Å². The average molecular weight is 331 g/mol. The number of carbonyl (C=O) groups excluding carboxylic acids is 1. The number of aromatic nitrogens is 2. The summed E-state index contributed by atoms with van der Waals surface area (Å²) in [5.41, 5.74) is 1.78. The van der Waals surface area contributed by atoms with E-state index in [-0.39, 0.29) is 22.9 Å². The van der Waals surface area contributed by atoms with Crippen LogP contribution in [0.1, 0.15) is 50.4 Å². The van der Waals surface area contributed by atoms with Crippen molar-refractivity contribution in [3.05, 3.63) is 49.3 Å². The van der Waals surface area contributed by atoms with E-state index in [9.17, 15) is 9.59 Å². The van der Waals surface area contributed by atoms with Crippen molar-refractivity contribution < 1.29 is 4.79 Å². The molecule has 1 aliphatic rings. The summed E-state index contributed by atoms with van der Waals surface area (Å²) < 4.78 is 0. The second-order valence-electron chi connectivity index (χ2n) is 6.20. The highest BCUT2D eigenvalue weighted by Gasteiger charge is 2.27. The molecule has 0 aliphatic heterocycles. The van der Waals surface area contributed by atoms with E-state index in [1.165, 1.54) is 4.88 Å². The number of nitrogens with zero attached hydrogens (tertiary/aromatic N) is 2. The van der Waals surface area contributed by atoms with Crippen molar-refractivity contribution in [3.63, 3.8) is 0 Å². The van der Waals surface area contributed by atoms with Crippen LogP contribution in [-0.4, -0.2) is 34.4 Å². The van der Waals surface area contributed by atoms with Gasteiger partial charge in [-0.05, 0) is 45.2 Å². The molecule has 1 N–H and O–H groups in total. The largest absolute Gasteiger partial charge is 0.341 e. The lowest BCUT2D eigenvalue weighted by molar-refractivity contribution is 0.0781. The average Bonchev–Trinajstić information content (AvgIpc) is 2.88. The molecule has 0 fully saturated rings. The van der Waals surface area contributed by atoms with Crippen LogP contribution in [0.25, 0.3) is 0 Å². The Labute approximate surface area is 139 Å². The molecule has 0 spiro atoms. The number of aryl methyl sites for hydroxylation is 3. The Hall–Kier alpha value is -1.95. The predicted octanol–water partition coefficient (Wildman–Crippen LogP) is 2.64. The first-order chi connectivity index (χ1) is 11.0. The van der Waals surface area contributed by atoms with E-state index in [2.05, 4.69) is 9.97 Å². The summed E-state index contributed by atoms with van der Waals surface area (Å²) in [6.07, 6.45) is 3.26. The number of rotatable bonds is 3. The van der Waals surface area contributed by atoms with Gasteiger partial charge in [0, 0.05) is 30.1 Å². The zero-order chi connectivity index (χ0) is 16.6. The summed E-state index contributed by atoms with van der Waals surface area (Å²) in [7, 11) is 1.76. The van der Waals surface area contributed by atoms with Gasteiger partial charge in [-0.2, -0.15) is 0 Å². The molecular weight excluding hydrogens is 310 g/mol. The van der Waals surface area contributed by atoms with Gasteiger partial charge in [0.25, 0.3) is 11.5 Å². The summed E-state index contributed by atoms with van der Waals surface area (Å²) in [5, 5.41) is 1.09. The molecule has 2 heterocycles. The highest BCUT2D eigenvalue weighted by Crippen LogP contribution is 2.35. The molecule has 2 aromatic rings. The van der Waals surface area contributed by atoms with Gasteiger partial charge in [-0.3, -0.25) is 9.59 Å². The van der Waals surface area contributed by atoms with Crippen LogP contribution in [0.5, 0.6) is 0 Å². The molecule has 0 unspecified atom stereocenters. The highest BCUT2D eigenvalue weighted by atomic mass is 32.1. The molecule has 0 radical (unpaired) electrons. The van der Waals surface area contributed by atoms with Crippen molar-refractivity contribution in [1.29, 1.82) is 0 Å². The van der Waals surface area contributed by atoms with Crippen molar-refractivity contribution in [2.45, 2.75) is 39.0 Å². The van der Waals surface area contributed by atoms with Crippen LogP contribution in [0.4, 0.5) is 0 Å². The minimum atomic E-state index is -0.323. The Morgan fingerprint density at radius 3 is 2.96 bits per heavy atom. The third-order valence-corrected chi connectivity index (χ3v) is 5.35. The van der Waals surface area contributed by atoms with Gasteiger partial charge < -0.3 is 9.88 Å². The number of fused-ring (bicyclic) bond motifs is 1. The van der Waals surface area contributed by atoms with Crippen molar-refractivity contribution >= 4 is 17.2 Å². The molecule has 23 heavy (non-hydrogen) atoms. The minimum absolute atomic E-state index is 0.198. The van der Waals surface area contributed by atoms with Crippen LogP contribution in [-0.2, 0) is 6.42 Å². The summed E-state index contributed by atoms with van der Waals surface area (Å²) in [4.78, 5) is 34.9. The molecule has 1 amide bonds. The topological polar surface area (TPSA) is 66.1 Å². The monoisotopic (exact) mass is 331 g/mol. The zero-order valence-electron chi connectivity index (χ0n) is 13.7. The molecule has 3 rings (SSSR count). The fraction of sp³-hybridized carbons (Fsp3) is 0.471.